The summed E-state index contributed by atoms with van der Waals surface area (Å²) in [7, 11) is 1.60. The molecule has 0 saturated carbocycles. The van der Waals surface area contributed by atoms with Gasteiger partial charge in [-0.15, -0.1) is 0 Å². The molecule has 0 aliphatic rings. The van der Waals surface area contributed by atoms with Crippen molar-refractivity contribution in [3.8, 4) is 5.75 Å². The zero-order valence-corrected chi connectivity index (χ0v) is 12.2. The molecule has 0 atom stereocenters. The lowest BCUT2D eigenvalue weighted by Gasteiger charge is -2.07. The Hall–Kier alpha value is -2.96. The van der Waals surface area contributed by atoms with E-state index in [1.54, 1.807) is 25.3 Å². The summed E-state index contributed by atoms with van der Waals surface area (Å²) in [5.41, 5.74) is 6.55. The Morgan fingerprint density at radius 2 is 2.23 bits per heavy atom. The predicted octanol–water partition coefficient (Wildman–Crippen LogP) is 1.44. The second kappa shape index (κ2) is 7.72. The summed E-state index contributed by atoms with van der Waals surface area (Å²) < 4.78 is 10.1. The van der Waals surface area contributed by atoms with Crippen LogP contribution in [0.25, 0.3) is 0 Å². The number of nitrogens with one attached hydrogen (secondary N) is 2. The fourth-order valence-electron chi connectivity index (χ4n) is 1.73. The zero-order valence-electron chi connectivity index (χ0n) is 12.2. The molecular weight excluding hydrogens is 284 g/mol. The first kappa shape index (κ1) is 15.4. The van der Waals surface area contributed by atoms with E-state index >= 15 is 0 Å². The minimum Gasteiger partial charge on any atom is -0.497 e. The molecule has 0 saturated heterocycles. The molecule has 4 N–H and O–H groups in total. The quantitative estimate of drug-likeness (QED) is 0.426. The average Bonchev–Trinajstić information content (AvgIpc) is 3.06. The average molecular weight is 302 g/mol. The third kappa shape index (κ3) is 4.55. The summed E-state index contributed by atoms with van der Waals surface area (Å²) in [6.07, 6.45) is 1.45. The number of amides is 1. The molecule has 1 aromatic heterocycles. The number of carbonyl (C=O) groups is 1. The van der Waals surface area contributed by atoms with Gasteiger partial charge in [0.15, 0.2) is 11.7 Å². The van der Waals surface area contributed by atoms with E-state index in [2.05, 4.69) is 15.6 Å². The Kier molecular flexibility index (Phi) is 5.42. The maximum absolute atomic E-state index is 11.6. The van der Waals surface area contributed by atoms with Crippen LogP contribution >= 0.6 is 0 Å². The molecule has 7 heteroatoms. The molecule has 2 aromatic rings. The Bertz CT molecular complexity index is 638. The molecule has 1 heterocycles. The smallest absolute Gasteiger partial charge is 0.287 e. The maximum atomic E-state index is 11.6. The number of benzene rings is 1. The standard InChI is InChI=1S/C15H18N4O3/c1-21-12-5-2-4-11(10-12)19-15(16)18-8-7-17-14(20)13-6-3-9-22-13/h2-6,9-10H,7-8H2,1H3,(H,17,20)(H3,16,18,19). The number of rotatable bonds is 6. The highest BCUT2D eigenvalue weighted by Crippen LogP contribution is 2.16. The molecule has 0 unspecified atom stereocenters. The monoisotopic (exact) mass is 302 g/mol. The number of methoxy groups -OCH3 is 1. The van der Waals surface area contributed by atoms with Crippen LogP contribution in [0.5, 0.6) is 5.75 Å². The van der Waals surface area contributed by atoms with E-state index in [0.29, 0.717) is 13.1 Å². The number of anilines is 1. The Morgan fingerprint density at radius 1 is 1.36 bits per heavy atom. The second-order valence-electron chi connectivity index (χ2n) is 4.36. The molecule has 116 valence electrons. The van der Waals surface area contributed by atoms with Gasteiger partial charge in [-0.05, 0) is 24.3 Å². The van der Waals surface area contributed by atoms with Gasteiger partial charge in [0.05, 0.1) is 19.9 Å². The summed E-state index contributed by atoms with van der Waals surface area (Å²) in [4.78, 5) is 15.7. The van der Waals surface area contributed by atoms with Crippen LogP contribution in [0.15, 0.2) is 52.1 Å². The molecule has 0 bridgehead atoms. The highest BCUT2D eigenvalue weighted by Gasteiger charge is 2.06. The van der Waals surface area contributed by atoms with Gasteiger partial charge in [-0.2, -0.15) is 0 Å². The number of carbonyl (C=O) groups excluding carboxylic acids is 1. The topological polar surface area (TPSA) is 102 Å². The summed E-state index contributed by atoms with van der Waals surface area (Å²) in [5, 5.41) is 5.63. The van der Waals surface area contributed by atoms with Crippen LogP contribution in [-0.2, 0) is 0 Å². The van der Waals surface area contributed by atoms with Gasteiger partial charge in [0.25, 0.3) is 5.91 Å². The van der Waals surface area contributed by atoms with Gasteiger partial charge in [-0.3, -0.25) is 9.79 Å². The summed E-state index contributed by atoms with van der Waals surface area (Å²) >= 11 is 0. The van der Waals surface area contributed by atoms with Crippen molar-refractivity contribution in [3.05, 3.63) is 48.4 Å². The molecule has 1 amide bonds. The Balaban J connectivity index is 1.76. The van der Waals surface area contributed by atoms with E-state index in [4.69, 9.17) is 14.9 Å². The Morgan fingerprint density at radius 3 is 2.95 bits per heavy atom. The third-order valence-electron chi connectivity index (χ3n) is 2.77. The van der Waals surface area contributed by atoms with Gasteiger partial charge in [-0.25, -0.2) is 0 Å². The molecule has 1 aromatic carbocycles. The molecule has 0 spiro atoms. The van der Waals surface area contributed by atoms with Gasteiger partial charge >= 0.3 is 0 Å². The van der Waals surface area contributed by atoms with Crippen LogP contribution in [0.2, 0.25) is 0 Å². The summed E-state index contributed by atoms with van der Waals surface area (Å²) in [5.74, 6) is 0.981. The molecular formula is C15H18N4O3. The van der Waals surface area contributed by atoms with E-state index in [1.807, 2.05) is 18.2 Å². The first-order chi connectivity index (χ1) is 10.7. The van der Waals surface area contributed by atoms with Gasteiger partial charge < -0.3 is 25.5 Å². The number of guanidine groups is 1. The van der Waals surface area contributed by atoms with Crippen molar-refractivity contribution in [1.82, 2.24) is 5.32 Å². The van der Waals surface area contributed by atoms with Crippen LogP contribution < -0.4 is 21.1 Å². The molecule has 7 nitrogen and oxygen atoms in total. The number of hydrogen-bond donors (Lipinski definition) is 3. The largest absolute Gasteiger partial charge is 0.497 e. The van der Waals surface area contributed by atoms with Crippen molar-refractivity contribution in [2.75, 3.05) is 25.5 Å². The van der Waals surface area contributed by atoms with Crippen LogP contribution in [0.1, 0.15) is 10.6 Å². The van der Waals surface area contributed by atoms with Gasteiger partial charge in [0, 0.05) is 18.3 Å². The molecule has 0 radical (unpaired) electrons. The van der Waals surface area contributed by atoms with Crippen LogP contribution in [0.3, 0.4) is 0 Å². The summed E-state index contributed by atoms with van der Waals surface area (Å²) in [6.45, 7) is 0.718. The second-order valence-corrected chi connectivity index (χ2v) is 4.36. The van der Waals surface area contributed by atoms with E-state index in [0.717, 1.165) is 11.4 Å². The molecule has 0 aliphatic heterocycles. The molecule has 2 rings (SSSR count). The third-order valence-corrected chi connectivity index (χ3v) is 2.77. The molecule has 0 fully saturated rings. The number of nitrogens with two attached hydrogens (primary N) is 1. The highest BCUT2D eigenvalue weighted by molar-refractivity contribution is 5.92. The van der Waals surface area contributed by atoms with Gasteiger partial charge in [-0.1, -0.05) is 6.07 Å². The fraction of sp³-hybridized carbons (Fsp3) is 0.200. The zero-order chi connectivity index (χ0) is 15.8. The van der Waals surface area contributed by atoms with Crippen molar-refractivity contribution < 1.29 is 13.9 Å². The SMILES string of the molecule is COc1cccc(NC(N)=NCCNC(=O)c2ccco2)c1. The van der Waals surface area contributed by atoms with Crippen molar-refractivity contribution in [1.29, 1.82) is 0 Å². The van der Waals surface area contributed by atoms with E-state index in [-0.39, 0.29) is 17.6 Å². The van der Waals surface area contributed by atoms with Crippen LogP contribution in [0.4, 0.5) is 5.69 Å². The fourth-order valence-corrected chi connectivity index (χ4v) is 1.73. The molecule has 22 heavy (non-hydrogen) atoms. The van der Waals surface area contributed by atoms with Crippen molar-refractivity contribution in [3.63, 3.8) is 0 Å². The van der Waals surface area contributed by atoms with E-state index < -0.39 is 0 Å². The number of ether oxygens (including phenoxy) is 1. The van der Waals surface area contributed by atoms with Gasteiger partial charge in [0.1, 0.15) is 5.75 Å². The Labute approximate surface area is 128 Å². The predicted molar refractivity (Wildman–Crippen MR) is 84.1 cm³/mol. The number of hydrogen-bond acceptors (Lipinski definition) is 4. The molecule has 0 aliphatic carbocycles. The lowest BCUT2D eigenvalue weighted by molar-refractivity contribution is 0.0927. The highest BCUT2D eigenvalue weighted by atomic mass is 16.5. The minimum absolute atomic E-state index is 0.264. The van der Waals surface area contributed by atoms with Crippen molar-refractivity contribution >= 4 is 17.6 Å². The number of nitrogens with zero attached hydrogens (tertiary/aromatic N) is 1. The van der Waals surface area contributed by atoms with Gasteiger partial charge in [0.2, 0.25) is 0 Å². The first-order valence-corrected chi connectivity index (χ1v) is 6.72. The number of aliphatic imine (C=N–C) groups is 1. The maximum Gasteiger partial charge on any atom is 0.287 e. The van der Waals surface area contributed by atoms with Crippen molar-refractivity contribution in [2.45, 2.75) is 0 Å². The van der Waals surface area contributed by atoms with E-state index in [9.17, 15) is 4.79 Å². The van der Waals surface area contributed by atoms with Crippen LogP contribution in [0, 0.1) is 0 Å². The lowest BCUT2D eigenvalue weighted by atomic mass is 10.3. The van der Waals surface area contributed by atoms with Crippen molar-refractivity contribution in [2.24, 2.45) is 10.7 Å². The number of furan rings is 1. The van der Waals surface area contributed by atoms with E-state index in [1.165, 1.54) is 6.26 Å². The normalized spacial score (nSPS) is 11.0. The first-order valence-electron chi connectivity index (χ1n) is 6.72. The lowest BCUT2D eigenvalue weighted by Crippen LogP contribution is -2.28. The minimum atomic E-state index is -0.278. The summed E-state index contributed by atoms with van der Waals surface area (Å²) in [6, 6.07) is 10.6. The van der Waals surface area contributed by atoms with Crippen LogP contribution in [-0.4, -0.2) is 32.1 Å².